The zero-order valence-corrected chi connectivity index (χ0v) is 16.8. The third-order valence-electron chi connectivity index (χ3n) is 5.51. The van der Waals surface area contributed by atoms with E-state index in [4.69, 9.17) is 4.74 Å². The predicted molar refractivity (Wildman–Crippen MR) is 110 cm³/mol. The number of fused-ring (bicyclic) bond motifs is 1. The van der Waals surface area contributed by atoms with Crippen molar-refractivity contribution in [2.45, 2.75) is 18.9 Å². The fourth-order valence-corrected chi connectivity index (χ4v) is 3.91. The van der Waals surface area contributed by atoms with Gasteiger partial charge in [0.05, 0.1) is 5.56 Å². The Morgan fingerprint density at radius 2 is 1.71 bits per heavy atom. The van der Waals surface area contributed by atoms with E-state index in [0.29, 0.717) is 16.7 Å². The lowest BCUT2D eigenvalue weighted by Crippen LogP contribution is -2.29. The summed E-state index contributed by atoms with van der Waals surface area (Å²) in [7, 11) is 1.45. The molecular formula is C24H19F2NO4. The van der Waals surface area contributed by atoms with E-state index in [0.717, 1.165) is 0 Å². The van der Waals surface area contributed by atoms with Crippen LogP contribution in [0.1, 0.15) is 39.1 Å². The summed E-state index contributed by atoms with van der Waals surface area (Å²) in [5, 5.41) is 11.8. The first kappa shape index (κ1) is 20.5. The number of nitrogens with one attached hydrogen (secondary N) is 1. The van der Waals surface area contributed by atoms with E-state index in [2.05, 4.69) is 5.32 Å². The molecule has 1 aliphatic heterocycles. The number of aromatic carboxylic acids is 1. The van der Waals surface area contributed by atoms with Crippen molar-refractivity contribution in [1.29, 1.82) is 0 Å². The van der Waals surface area contributed by atoms with Gasteiger partial charge in [0.2, 0.25) is 5.91 Å². The van der Waals surface area contributed by atoms with Gasteiger partial charge in [0.15, 0.2) is 0 Å². The maximum atomic E-state index is 15.8. The minimum absolute atomic E-state index is 0.0313. The number of carbonyl (C=O) groups excluding carboxylic acids is 1. The minimum atomic E-state index is -1.12. The molecule has 3 aromatic rings. The molecule has 0 aliphatic carbocycles. The Morgan fingerprint density at radius 1 is 1.00 bits per heavy atom. The molecule has 0 fully saturated rings. The van der Waals surface area contributed by atoms with Gasteiger partial charge < -0.3 is 15.2 Å². The van der Waals surface area contributed by atoms with Crippen LogP contribution in [-0.4, -0.2) is 24.0 Å². The molecule has 1 heterocycles. The lowest BCUT2D eigenvalue weighted by atomic mass is 9.87. The number of aryl methyl sites for hydroxylation is 1. The van der Waals surface area contributed by atoms with E-state index >= 15 is 4.39 Å². The van der Waals surface area contributed by atoms with Gasteiger partial charge in [-0.25, -0.2) is 13.6 Å². The number of likely N-dealkylation sites (N-methyl/N-ethyl adjacent to an activating group) is 1. The quantitative estimate of drug-likeness (QED) is 0.643. The van der Waals surface area contributed by atoms with Crippen LogP contribution in [0, 0.1) is 18.6 Å². The van der Waals surface area contributed by atoms with E-state index in [1.807, 2.05) is 0 Å². The molecule has 0 spiro atoms. The van der Waals surface area contributed by atoms with E-state index in [1.165, 1.54) is 49.5 Å². The van der Waals surface area contributed by atoms with E-state index in [-0.39, 0.29) is 22.4 Å². The molecule has 0 aromatic heterocycles. The summed E-state index contributed by atoms with van der Waals surface area (Å²) in [6.07, 6.45) is -0.827. The molecule has 31 heavy (non-hydrogen) atoms. The van der Waals surface area contributed by atoms with Gasteiger partial charge >= 0.3 is 5.97 Å². The van der Waals surface area contributed by atoms with Crippen LogP contribution in [0.4, 0.5) is 8.78 Å². The van der Waals surface area contributed by atoms with Gasteiger partial charge in [0, 0.05) is 18.2 Å². The second-order valence-electron chi connectivity index (χ2n) is 7.36. The highest BCUT2D eigenvalue weighted by atomic mass is 19.1. The number of amides is 1. The molecule has 0 saturated heterocycles. The van der Waals surface area contributed by atoms with Gasteiger partial charge in [0.1, 0.15) is 29.4 Å². The Hall–Kier alpha value is -3.74. The first-order chi connectivity index (χ1) is 14.8. The van der Waals surface area contributed by atoms with Crippen molar-refractivity contribution < 1.29 is 28.2 Å². The molecule has 0 bridgehead atoms. The standard InChI is InChI=1S/C24H19F2NO4/c1-12-3-4-14(24(29)30)11-17(12)16-9-10-18-19(21(16)26)20(23(28)27-2)22(31-18)13-5-7-15(25)8-6-13/h3-11,20,22H,1-2H3,(H,27,28)(H,29,30). The number of carboxylic acids is 1. The van der Waals surface area contributed by atoms with Gasteiger partial charge in [-0.2, -0.15) is 0 Å². The van der Waals surface area contributed by atoms with Crippen molar-refractivity contribution in [3.05, 3.63) is 88.5 Å². The first-order valence-corrected chi connectivity index (χ1v) is 9.62. The first-order valence-electron chi connectivity index (χ1n) is 9.62. The van der Waals surface area contributed by atoms with Crippen LogP contribution in [0.15, 0.2) is 54.6 Å². The molecule has 7 heteroatoms. The van der Waals surface area contributed by atoms with Gasteiger partial charge in [-0.05, 0) is 60.0 Å². The number of hydrogen-bond donors (Lipinski definition) is 2. The van der Waals surface area contributed by atoms with Crippen LogP contribution in [0.25, 0.3) is 11.1 Å². The molecule has 5 nitrogen and oxygen atoms in total. The van der Waals surface area contributed by atoms with Crippen molar-refractivity contribution in [2.24, 2.45) is 0 Å². The topological polar surface area (TPSA) is 75.6 Å². The smallest absolute Gasteiger partial charge is 0.335 e. The lowest BCUT2D eigenvalue weighted by molar-refractivity contribution is -0.123. The van der Waals surface area contributed by atoms with E-state index in [9.17, 15) is 19.1 Å². The molecular weight excluding hydrogens is 404 g/mol. The van der Waals surface area contributed by atoms with Gasteiger partial charge in [-0.3, -0.25) is 4.79 Å². The van der Waals surface area contributed by atoms with Crippen LogP contribution < -0.4 is 10.1 Å². The van der Waals surface area contributed by atoms with Crippen LogP contribution in [-0.2, 0) is 4.79 Å². The second-order valence-corrected chi connectivity index (χ2v) is 7.36. The Balaban J connectivity index is 1.87. The molecule has 2 unspecified atom stereocenters. The number of rotatable bonds is 4. The molecule has 158 valence electrons. The third-order valence-corrected chi connectivity index (χ3v) is 5.51. The number of carbonyl (C=O) groups is 2. The van der Waals surface area contributed by atoms with E-state index < -0.39 is 35.5 Å². The van der Waals surface area contributed by atoms with Crippen LogP contribution >= 0.6 is 0 Å². The molecule has 0 saturated carbocycles. The number of ether oxygens (including phenoxy) is 1. The van der Waals surface area contributed by atoms with Crippen molar-refractivity contribution in [1.82, 2.24) is 5.32 Å². The van der Waals surface area contributed by atoms with Crippen LogP contribution in [0.3, 0.4) is 0 Å². The molecule has 1 aliphatic rings. The number of carboxylic acid groups (broad SMARTS) is 1. The SMILES string of the molecule is CNC(=O)C1c2c(ccc(-c3cc(C(=O)O)ccc3C)c2F)OC1c1ccc(F)cc1. The Bertz CT molecular complexity index is 1190. The molecule has 2 atom stereocenters. The average Bonchev–Trinajstić information content (AvgIpc) is 3.15. The Labute approximate surface area is 177 Å². The molecule has 2 N–H and O–H groups in total. The summed E-state index contributed by atoms with van der Waals surface area (Å²) in [4.78, 5) is 24.1. The van der Waals surface area contributed by atoms with E-state index in [1.54, 1.807) is 19.1 Å². The number of hydrogen-bond acceptors (Lipinski definition) is 3. The summed E-state index contributed by atoms with van der Waals surface area (Å²) in [6, 6.07) is 13.1. The highest BCUT2D eigenvalue weighted by Crippen LogP contribution is 2.49. The maximum Gasteiger partial charge on any atom is 0.335 e. The van der Waals surface area contributed by atoms with Crippen molar-refractivity contribution in [3.63, 3.8) is 0 Å². The van der Waals surface area contributed by atoms with Crippen molar-refractivity contribution in [3.8, 4) is 16.9 Å². The van der Waals surface area contributed by atoms with Crippen LogP contribution in [0.5, 0.6) is 5.75 Å². The third kappa shape index (κ3) is 3.52. The van der Waals surface area contributed by atoms with Gasteiger partial charge in [0.25, 0.3) is 0 Å². The summed E-state index contributed by atoms with van der Waals surface area (Å²) in [5.41, 5.74) is 1.94. The van der Waals surface area contributed by atoms with Crippen molar-refractivity contribution >= 4 is 11.9 Å². The van der Waals surface area contributed by atoms with Gasteiger partial charge in [-0.1, -0.05) is 18.2 Å². The zero-order valence-electron chi connectivity index (χ0n) is 16.8. The number of halogens is 2. The lowest BCUT2D eigenvalue weighted by Gasteiger charge is -2.18. The highest BCUT2D eigenvalue weighted by Gasteiger charge is 2.43. The molecule has 3 aromatic carbocycles. The average molecular weight is 423 g/mol. The monoisotopic (exact) mass is 423 g/mol. The normalized spacial score (nSPS) is 17.0. The highest BCUT2D eigenvalue weighted by molar-refractivity contribution is 5.91. The summed E-state index contributed by atoms with van der Waals surface area (Å²) in [6.45, 7) is 1.75. The van der Waals surface area contributed by atoms with Crippen molar-refractivity contribution in [2.75, 3.05) is 7.05 Å². The maximum absolute atomic E-state index is 15.8. The van der Waals surface area contributed by atoms with Gasteiger partial charge in [-0.15, -0.1) is 0 Å². The minimum Gasteiger partial charge on any atom is -0.484 e. The number of benzene rings is 3. The largest absolute Gasteiger partial charge is 0.484 e. The summed E-state index contributed by atoms with van der Waals surface area (Å²) in [5.74, 6) is -3.42. The predicted octanol–water partition coefficient (Wildman–Crippen LogP) is 4.60. The molecule has 1 amide bonds. The Morgan fingerprint density at radius 3 is 2.35 bits per heavy atom. The molecule has 4 rings (SSSR count). The fraction of sp³-hybridized carbons (Fsp3) is 0.167. The second kappa shape index (κ2) is 7.83. The van der Waals surface area contributed by atoms with Crippen LogP contribution in [0.2, 0.25) is 0 Å². The summed E-state index contributed by atoms with van der Waals surface area (Å²) < 4.78 is 35.1. The molecule has 0 radical (unpaired) electrons. The summed E-state index contributed by atoms with van der Waals surface area (Å²) >= 11 is 0. The Kier molecular flexibility index (Phi) is 5.19. The fourth-order valence-electron chi connectivity index (χ4n) is 3.91. The zero-order chi connectivity index (χ0) is 22.3.